The smallest absolute Gasteiger partial charge is 0.272 e. The van der Waals surface area contributed by atoms with Crippen molar-refractivity contribution in [1.82, 2.24) is 10.4 Å². The molecule has 200 valence electrons. The van der Waals surface area contributed by atoms with Crippen LogP contribution in [0.2, 0.25) is 0 Å². The SMILES string of the molecule is COc1cccc(-c2cc(C(=O)N/N=C\c3ccc(OC)c(COc4ccc(F)cc4)c3)c3ccccc3n2)c1. The number of halogens is 1. The molecule has 1 amide bonds. The minimum atomic E-state index is -0.368. The van der Waals surface area contributed by atoms with Gasteiger partial charge in [-0.15, -0.1) is 0 Å². The second kappa shape index (κ2) is 12.1. The fraction of sp³-hybridized carbons (Fsp3) is 0.0938. The molecule has 0 bridgehead atoms. The van der Waals surface area contributed by atoms with E-state index >= 15 is 0 Å². The summed E-state index contributed by atoms with van der Waals surface area (Å²) in [7, 11) is 3.18. The first-order valence-corrected chi connectivity index (χ1v) is 12.5. The van der Waals surface area contributed by atoms with Crippen molar-refractivity contribution in [3.63, 3.8) is 0 Å². The van der Waals surface area contributed by atoms with Gasteiger partial charge in [-0.05, 0) is 72.3 Å². The Labute approximate surface area is 230 Å². The van der Waals surface area contributed by atoms with Crippen molar-refractivity contribution in [1.29, 1.82) is 0 Å². The molecule has 0 radical (unpaired) electrons. The Balaban J connectivity index is 1.35. The van der Waals surface area contributed by atoms with E-state index in [0.29, 0.717) is 39.4 Å². The van der Waals surface area contributed by atoms with Crippen LogP contribution in [0, 0.1) is 5.82 Å². The molecular weight excluding hydrogens is 509 g/mol. The second-order valence-corrected chi connectivity index (χ2v) is 8.82. The molecule has 0 aliphatic rings. The summed E-state index contributed by atoms with van der Waals surface area (Å²) >= 11 is 0. The molecule has 1 aromatic heterocycles. The Morgan fingerprint density at radius 3 is 2.52 bits per heavy atom. The molecule has 5 rings (SSSR count). The van der Waals surface area contributed by atoms with E-state index < -0.39 is 0 Å². The molecule has 1 N–H and O–H groups in total. The number of methoxy groups -OCH3 is 2. The molecule has 0 aliphatic carbocycles. The van der Waals surface area contributed by atoms with Gasteiger partial charge in [-0.25, -0.2) is 14.8 Å². The summed E-state index contributed by atoms with van der Waals surface area (Å²) in [5.74, 6) is 1.17. The van der Waals surface area contributed by atoms with Gasteiger partial charge in [0.2, 0.25) is 0 Å². The summed E-state index contributed by atoms with van der Waals surface area (Å²) in [6, 6.07) is 28.0. The highest BCUT2D eigenvalue weighted by Crippen LogP contribution is 2.27. The van der Waals surface area contributed by atoms with E-state index in [4.69, 9.17) is 19.2 Å². The fourth-order valence-corrected chi connectivity index (χ4v) is 4.20. The van der Waals surface area contributed by atoms with Gasteiger partial charge in [-0.3, -0.25) is 4.79 Å². The lowest BCUT2D eigenvalue weighted by molar-refractivity contribution is 0.0956. The maximum atomic E-state index is 13.3. The van der Waals surface area contributed by atoms with Crippen LogP contribution in [0.3, 0.4) is 0 Å². The molecule has 0 aliphatic heterocycles. The minimum absolute atomic E-state index is 0.207. The van der Waals surface area contributed by atoms with Crippen LogP contribution in [0.5, 0.6) is 17.2 Å². The number of fused-ring (bicyclic) bond motifs is 1. The highest BCUT2D eigenvalue weighted by atomic mass is 19.1. The molecule has 0 unspecified atom stereocenters. The van der Waals surface area contributed by atoms with E-state index in [1.807, 2.05) is 60.7 Å². The number of nitrogens with zero attached hydrogens (tertiary/aromatic N) is 2. The summed E-state index contributed by atoms with van der Waals surface area (Å²) in [4.78, 5) is 18.0. The molecule has 0 saturated carbocycles. The summed E-state index contributed by atoms with van der Waals surface area (Å²) in [6.45, 7) is 0.207. The number of amides is 1. The minimum Gasteiger partial charge on any atom is -0.497 e. The number of benzene rings is 4. The Morgan fingerprint density at radius 1 is 0.900 bits per heavy atom. The fourth-order valence-electron chi connectivity index (χ4n) is 4.20. The van der Waals surface area contributed by atoms with Crippen LogP contribution < -0.4 is 19.6 Å². The monoisotopic (exact) mass is 535 g/mol. The summed E-state index contributed by atoms with van der Waals surface area (Å²) in [5.41, 5.74) is 6.75. The van der Waals surface area contributed by atoms with Crippen LogP contribution in [0.1, 0.15) is 21.5 Å². The third kappa shape index (κ3) is 6.07. The Kier molecular flexibility index (Phi) is 7.97. The van der Waals surface area contributed by atoms with Crippen LogP contribution in [-0.2, 0) is 6.61 Å². The number of ether oxygens (including phenoxy) is 3. The van der Waals surface area contributed by atoms with E-state index in [-0.39, 0.29) is 18.3 Å². The third-order valence-corrected chi connectivity index (χ3v) is 6.22. The van der Waals surface area contributed by atoms with Crippen molar-refractivity contribution in [2.75, 3.05) is 14.2 Å². The topological polar surface area (TPSA) is 82.0 Å². The zero-order valence-corrected chi connectivity index (χ0v) is 21.9. The van der Waals surface area contributed by atoms with Gasteiger partial charge in [0.1, 0.15) is 29.7 Å². The predicted octanol–water partition coefficient (Wildman–Crippen LogP) is 6.40. The lowest BCUT2D eigenvalue weighted by Gasteiger charge is -2.11. The van der Waals surface area contributed by atoms with Gasteiger partial charge >= 0.3 is 0 Å². The number of rotatable bonds is 9. The quantitative estimate of drug-likeness (QED) is 0.174. The molecule has 0 fully saturated rings. The van der Waals surface area contributed by atoms with Gasteiger partial charge in [0.25, 0.3) is 5.91 Å². The molecule has 1 heterocycles. The number of pyridine rings is 1. The molecule has 7 nitrogen and oxygen atoms in total. The first-order valence-electron chi connectivity index (χ1n) is 12.5. The van der Waals surface area contributed by atoms with Gasteiger partial charge in [0.05, 0.1) is 37.2 Å². The highest BCUT2D eigenvalue weighted by molar-refractivity contribution is 6.07. The molecular formula is C32H26FN3O4. The van der Waals surface area contributed by atoms with Crippen molar-refractivity contribution in [3.8, 4) is 28.5 Å². The van der Waals surface area contributed by atoms with Gasteiger partial charge < -0.3 is 14.2 Å². The number of carbonyl (C=O) groups is 1. The van der Waals surface area contributed by atoms with Crippen molar-refractivity contribution < 1.29 is 23.4 Å². The number of hydrogen-bond acceptors (Lipinski definition) is 6. The zero-order valence-electron chi connectivity index (χ0n) is 21.9. The van der Waals surface area contributed by atoms with Crippen molar-refractivity contribution in [3.05, 3.63) is 120 Å². The standard InChI is InChI=1S/C32H26FN3O4/c1-38-26-7-5-6-22(17-26)30-18-28(27-8-3-4-9-29(27)35-30)32(37)36-34-19-21-10-15-31(39-2)23(16-21)20-40-25-13-11-24(33)12-14-25/h3-19H,20H2,1-2H3,(H,36,37)/b34-19-. The van der Waals surface area contributed by atoms with E-state index in [1.165, 1.54) is 12.1 Å². The summed E-state index contributed by atoms with van der Waals surface area (Å²) in [6.07, 6.45) is 1.55. The molecule has 0 atom stereocenters. The van der Waals surface area contributed by atoms with E-state index in [9.17, 15) is 9.18 Å². The Hall–Kier alpha value is -5.24. The number of nitrogens with one attached hydrogen (secondary N) is 1. The maximum Gasteiger partial charge on any atom is 0.272 e. The second-order valence-electron chi connectivity index (χ2n) is 8.82. The number of para-hydroxylation sites is 1. The molecule has 4 aromatic carbocycles. The largest absolute Gasteiger partial charge is 0.497 e. The van der Waals surface area contributed by atoms with Crippen LogP contribution >= 0.6 is 0 Å². The van der Waals surface area contributed by atoms with Crippen molar-refractivity contribution in [2.45, 2.75) is 6.61 Å². The number of hydrazone groups is 1. The van der Waals surface area contributed by atoms with E-state index in [1.54, 1.807) is 44.7 Å². The average molecular weight is 536 g/mol. The molecule has 5 aromatic rings. The number of aromatic nitrogens is 1. The first-order chi connectivity index (χ1) is 19.5. The highest BCUT2D eigenvalue weighted by Gasteiger charge is 2.14. The van der Waals surface area contributed by atoms with Crippen LogP contribution in [0.4, 0.5) is 4.39 Å². The van der Waals surface area contributed by atoms with Crippen LogP contribution in [-0.4, -0.2) is 31.3 Å². The molecule has 0 spiro atoms. The predicted molar refractivity (Wildman–Crippen MR) is 153 cm³/mol. The Bertz CT molecular complexity index is 1690. The molecule has 8 heteroatoms. The van der Waals surface area contributed by atoms with E-state index in [0.717, 1.165) is 16.7 Å². The lowest BCUT2D eigenvalue weighted by atomic mass is 10.0. The van der Waals surface area contributed by atoms with E-state index in [2.05, 4.69) is 10.5 Å². The summed E-state index contributed by atoms with van der Waals surface area (Å²) < 4.78 is 29.7. The Morgan fingerprint density at radius 2 is 1.73 bits per heavy atom. The molecule has 0 saturated heterocycles. The van der Waals surface area contributed by atoms with Gasteiger partial charge in [-0.2, -0.15) is 5.10 Å². The number of carbonyl (C=O) groups excluding carboxylic acids is 1. The normalized spacial score (nSPS) is 11.0. The molecule has 40 heavy (non-hydrogen) atoms. The maximum absolute atomic E-state index is 13.3. The van der Waals surface area contributed by atoms with Gasteiger partial charge in [0.15, 0.2) is 0 Å². The summed E-state index contributed by atoms with van der Waals surface area (Å²) in [5, 5.41) is 4.91. The first kappa shape index (κ1) is 26.4. The van der Waals surface area contributed by atoms with Crippen LogP contribution in [0.25, 0.3) is 22.2 Å². The van der Waals surface area contributed by atoms with Crippen LogP contribution in [0.15, 0.2) is 102 Å². The average Bonchev–Trinajstić information content (AvgIpc) is 3.00. The zero-order chi connectivity index (χ0) is 27.9. The lowest BCUT2D eigenvalue weighted by Crippen LogP contribution is -2.18. The number of hydrogen-bond donors (Lipinski definition) is 1. The van der Waals surface area contributed by atoms with Gasteiger partial charge in [-0.1, -0.05) is 30.3 Å². The van der Waals surface area contributed by atoms with Crippen molar-refractivity contribution >= 4 is 23.0 Å². The third-order valence-electron chi connectivity index (χ3n) is 6.22. The van der Waals surface area contributed by atoms with Gasteiger partial charge in [0, 0.05) is 16.5 Å². The van der Waals surface area contributed by atoms with Crippen molar-refractivity contribution in [2.24, 2.45) is 5.10 Å².